The van der Waals surface area contributed by atoms with Crippen molar-refractivity contribution in [3.8, 4) is 0 Å². The summed E-state index contributed by atoms with van der Waals surface area (Å²) in [4.78, 5) is 12.7. The molecule has 2 aliphatic rings. The number of ketones is 1. The lowest BCUT2D eigenvalue weighted by Crippen LogP contribution is -2.25. The third-order valence-corrected chi connectivity index (χ3v) is 6.04. The minimum atomic E-state index is 0.241. The van der Waals surface area contributed by atoms with Crippen molar-refractivity contribution < 1.29 is 4.79 Å². The summed E-state index contributed by atoms with van der Waals surface area (Å²) in [6.45, 7) is 3.95. The van der Waals surface area contributed by atoms with Crippen LogP contribution in [0.1, 0.15) is 47.4 Å². The fourth-order valence-electron chi connectivity index (χ4n) is 3.41. The van der Waals surface area contributed by atoms with Crippen LogP contribution in [0, 0.1) is 19.8 Å². The number of hydrogen-bond acceptors (Lipinski definition) is 3. The van der Waals surface area contributed by atoms with Gasteiger partial charge in [-0.3, -0.25) is 9.48 Å². The highest BCUT2D eigenvalue weighted by Crippen LogP contribution is 2.46. The lowest BCUT2D eigenvalue weighted by atomic mass is 9.89. The zero-order chi connectivity index (χ0) is 12.9. The number of thioether (sulfide) groups is 1. The van der Waals surface area contributed by atoms with Gasteiger partial charge >= 0.3 is 0 Å². The Bertz CT molecular complexity index is 482. The van der Waals surface area contributed by atoms with E-state index in [2.05, 4.69) is 16.9 Å². The summed E-state index contributed by atoms with van der Waals surface area (Å²) in [6.07, 6.45) is 4.77. The van der Waals surface area contributed by atoms with Crippen LogP contribution in [0.5, 0.6) is 0 Å². The van der Waals surface area contributed by atoms with Crippen molar-refractivity contribution in [2.45, 2.75) is 50.0 Å². The van der Waals surface area contributed by atoms with E-state index in [0.717, 1.165) is 40.3 Å². The van der Waals surface area contributed by atoms with Crippen molar-refractivity contribution in [1.82, 2.24) is 9.78 Å². The van der Waals surface area contributed by atoms with Crippen LogP contribution in [0.4, 0.5) is 0 Å². The smallest absolute Gasteiger partial charge is 0.169 e. The number of Topliss-reactive ketones (excluding diaryl/α,β-unsaturated/α-hetero) is 1. The van der Waals surface area contributed by atoms with Gasteiger partial charge in [0.25, 0.3) is 0 Å². The largest absolute Gasteiger partial charge is 0.294 e. The third kappa shape index (κ3) is 1.91. The molecule has 3 nitrogen and oxygen atoms in total. The molecule has 2 fully saturated rings. The predicted octanol–water partition coefficient (Wildman–Crippen LogP) is 2.89. The molecule has 2 atom stereocenters. The SMILES string of the molecule is Cc1nn(C)c(C)c1C(=O)C1CC2CCC(C1)S2. The van der Waals surface area contributed by atoms with Crippen molar-refractivity contribution in [3.63, 3.8) is 0 Å². The van der Waals surface area contributed by atoms with Crippen molar-refractivity contribution in [2.75, 3.05) is 0 Å². The maximum absolute atomic E-state index is 12.7. The van der Waals surface area contributed by atoms with Crippen LogP contribution in [-0.2, 0) is 7.05 Å². The molecule has 2 saturated heterocycles. The van der Waals surface area contributed by atoms with E-state index >= 15 is 0 Å². The lowest BCUT2D eigenvalue weighted by Gasteiger charge is -2.26. The molecule has 0 spiro atoms. The van der Waals surface area contributed by atoms with Gasteiger partial charge in [-0.2, -0.15) is 16.9 Å². The molecule has 4 heteroatoms. The van der Waals surface area contributed by atoms with Crippen LogP contribution in [-0.4, -0.2) is 26.1 Å². The number of carbonyl (C=O) groups is 1. The van der Waals surface area contributed by atoms with Crippen LogP contribution in [0.2, 0.25) is 0 Å². The average molecular weight is 264 g/mol. The predicted molar refractivity (Wildman–Crippen MR) is 74.1 cm³/mol. The Kier molecular flexibility index (Phi) is 3.00. The molecular formula is C14H20N2OS. The second-order valence-corrected chi connectivity index (χ2v) is 7.26. The molecule has 2 bridgehead atoms. The summed E-state index contributed by atoms with van der Waals surface area (Å²) in [6, 6.07) is 0. The zero-order valence-electron chi connectivity index (χ0n) is 11.3. The van der Waals surface area contributed by atoms with Crippen LogP contribution in [0.15, 0.2) is 0 Å². The van der Waals surface area contributed by atoms with Crippen molar-refractivity contribution >= 4 is 17.5 Å². The van der Waals surface area contributed by atoms with Gasteiger partial charge in [0, 0.05) is 29.2 Å². The van der Waals surface area contributed by atoms with Crippen molar-refractivity contribution in [2.24, 2.45) is 13.0 Å². The Morgan fingerprint density at radius 1 is 1.28 bits per heavy atom. The molecular weight excluding hydrogens is 244 g/mol. The molecule has 0 aliphatic carbocycles. The second kappa shape index (κ2) is 4.41. The van der Waals surface area contributed by atoms with E-state index in [0.29, 0.717) is 5.78 Å². The number of rotatable bonds is 2. The van der Waals surface area contributed by atoms with Gasteiger partial charge in [-0.05, 0) is 39.5 Å². The van der Waals surface area contributed by atoms with Crippen LogP contribution < -0.4 is 0 Å². The Morgan fingerprint density at radius 3 is 2.39 bits per heavy atom. The Morgan fingerprint density at radius 2 is 1.89 bits per heavy atom. The van der Waals surface area contributed by atoms with E-state index in [1.165, 1.54) is 12.8 Å². The fraction of sp³-hybridized carbons (Fsp3) is 0.714. The number of hydrogen-bond donors (Lipinski definition) is 0. The molecule has 98 valence electrons. The normalized spacial score (nSPS) is 30.7. The van der Waals surface area contributed by atoms with E-state index in [4.69, 9.17) is 0 Å². The summed E-state index contributed by atoms with van der Waals surface area (Å²) in [5, 5.41) is 5.83. The summed E-state index contributed by atoms with van der Waals surface area (Å²) in [5.41, 5.74) is 2.79. The van der Waals surface area contributed by atoms with E-state index in [-0.39, 0.29) is 5.92 Å². The van der Waals surface area contributed by atoms with Crippen molar-refractivity contribution in [3.05, 3.63) is 17.0 Å². The Labute approximate surface area is 112 Å². The third-order valence-electron chi connectivity index (χ3n) is 4.42. The minimum Gasteiger partial charge on any atom is -0.294 e. The summed E-state index contributed by atoms with van der Waals surface area (Å²) in [5.74, 6) is 0.584. The molecule has 0 amide bonds. The zero-order valence-corrected chi connectivity index (χ0v) is 12.1. The van der Waals surface area contributed by atoms with Gasteiger partial charge in [-0.15, -0.1) is 0 Å². The summed E-state index contributed by atoms with van der Waals surface area (Å²) >= 11 is 2.11. The molecule has 0 radical (unpaired) electrons. The van der Waals surface area contributed by atoms with E-state index in [1.807, 2.05) is 25.6 Å². The van der Waals surface area contributed by atoms with Crippen LogP contribution in [0.25, 0.3) is 0 Å². The van der Waals surface area contributed by atoms with Gasteiger partial charge < -0.3 is 0 Å². The maximum atomic E-state index is 12.7. The average Bonchev–Trinajstić information content (AvgIpc) is 2.79. The van der Waals surface area contributed by atoms with E-state index in [9.17, 15) is 4.79 Å². The molecule has 1 aromatic heterocycles. The van der Waals surface area contributed by atoms with Crippen LogP contribution >= 0.6 is 11.8 Å². The van der Waals surface area contributed by atoms with E-state index < -0.39 is 0 Å². The van der Waals surface area contributed by atoms with Gasteiger partial charge in [-0.1, -0.05) is 0 Å². The highest BCUT2D eigenvalue weighted by Gasteiger charge is 2.39. The molecule has 2 unspecified atom stereocenters. The van der Waals surface area contributed by atoms with E-state index in [1.54, 1.807) is 0 Å². The first kappa shape index (κ1) is 12.3. The first-order valence-corrected chi connectivity index (χ1v) is 7.70. The number of aryl methyl sites for hydroxylation is 2. The van der Waals surface area contributed by atoms with Gasteiger partial charge in [-0.25, -0.2) is 0 Å². The quantitative estimate of drug-likeness (QED) is 0.770. The standard InChI is InChI=1S/C14H20N2OS/c1-8-13(9(2)16(3)15-8)14(17)10-6-11-4-5-12(7-10)18-11/h10-12H,4-7H2,1-3H3. The molecule has 0 aromatic carbocycles. The molecule has 3 rings (SSSR count). The van der Waals surface area contributed by atoms with Gasteiger partial charge in [0.05, 0.1) is 11.3 Å². The number of aromatic nitrogens is 2. The Hall–Kier alpha value is -0.770. The number of fused-ring (bicyclic) bond motifs is 2. The molecule has 1 aromatic rings. The molecule has 18 heavy (non-hydrogen) atoms. The Balaban J connectivity index is 1.86. The fourth-order valence-corrected chi connectivity index (χ4v) is 5.18. The topological polar surface area (TPSA) is 34.9 Å². The van der Waals surface area contributed by atoms with Crippen LogP contribution in [0.3, 0.4) is 0 Å². The summed E-state index contributed by atoms with van der Waals surface area (Å²) in [7, 11) is 1.92. The molecule has 2 aliphatic heterocycles. The molecule has 0 N–H and O–H groups in total. The molecule has 3 heterocycles. The maximum Gasteiger partial charge on any atom is 0.169 e. The van der Waals surface area contributed by atoms with Gasteiger partial charge in [0.1, 0.15) is 0 Å². The van der Waals surface area contributed by atoms with Gasteiger partial charge in [0.15, 0.2) is 5.78 Å². The molecule has 0 saturated carbocycles. The second-order valence-electron chi connectivity index (χ2n) is 5.66. The summed E-state index contributed by atoms with van der Waals surface area (Å²) < 4.78 is 1.83. The minimum absolute atomic E-state index is 0.241. The highest BCUT2D eigenvalue weighted by atomic mass is 32.2. The first-order valence-electron chi connectivity index (χ1n) is 6.76. The lowest BCUT2D eigenvalue weighted by molar-refractivity contribution is 0.0905. The number of carbonyl (C=O) groups excluding carboxylic acids is 1. The van der Waals surface area contributed by atoms with Crippen molar-refractivity contribution in [1.29, 1.82) is 0 Å². The highest BCUT2D eigenvalue weighted by molar-refractivity contribution is 8.00. The van der Waals surface area contributed by atoms with Gasteiger partial charge in [0.2, 0.25) is 0 Å². The first-order chi connectivity index (χ1) is 8.56. The number of nitrogens with zero attached hydrogens (tertiary/aromatic N) is 2. The monoisotopic (exact) mass is 264 g/mol.